The van der Waals surface area contributed by atoms with Crippen LogP contribution in [0.1, 0.15) is 31.1 Å². The van der Waals surface area contributed by atoms with E-state index in [1.807, 2.05) is 56.4 Å². The summed E-state index contributed by atoms with van der Waals surface area (Å²) in [7, 11) is 1.64. The number of aliphatic imine (C=N–C) groups is 1. The second kappa shape index (κ2) is 11.2. The number of rotatable bonds is 8. The molecule has 1 unspecified atom stereocenters. The third-order valence-electron chi connectivity index (χ3n) is 4.60. The predicted octanol–water partition coefficient (Wildman–Crippen LogP) is 3.36. The van der Waals surface area contributed by atoms with Gasteiger partial charge in [0.25, 0.3) is 0 Å². The average Bonchev–Trinajstić information content (AvgIpc) is 3.40. The highest BCUT2D eigenvalue weighted by atomic mass is 127. The largest absolute Gasteiger partial charge is 0.497 e. The van der Waals surface area contributed by atoms with E-state index in [0.29, 0.717) is 24.8 Å². The van der Waals surface area contributed by atoms with E-state index >= 15 is 0 Å². The van der Waals surface area contributed by atoms with E-state index < -0.39 is 5.60 Å². The van der Waals surface area contributed by atoms with Crippen molar-refractivity contribution in [1.29, 1.82) is 0 Å². The maximum absolute atomic E-state index is 10.7. The van der Waals surface area contributed by atoms with E-state index in [9.17, 15) is 5.11 Å². The van der Waals surface area contributed by atoms with Crippen molar-refractivity contribution in [2.24, 2.45) is 4.99 Å². The van der Waals surface area contributed by atoms with Gasteiger partial charge in [-0.15, -0.1) is 24.0 Å². The summed E-state index contributed by atoms with van der Waals surface area (Å²) in [5.74, 6) is 2.68. The van der Waals surface area contributed by atoms with Crippen LogP contribution in [0.4, 0.5) is 0 Å². The van der Waals surface area contributed by atoms with Crippen LogP contribution in [-0.4, -0.2) is 41.0 Å². The summed E-state index contributed by atoms with van der Waals surface area (Å²) in [6, 6.07) is 13.2. The molecule has 0 spiro atoms. The van der Waals surface area contributed by atoms with E-state index in [1.165, 1.54) is 0 Å². The normalized spacial score (nSPS) is 13.3. The van der Waals surface area contributed by atoms with Gasteiger partial charge >= 0.3 is 0 Å². The summed E-state index contributed by atoms with van der Waals surface area (Å²) in [6.45, 7) is 6.91. The lowest BCUT2D eigenvalue weighted by atomic mass is 10.0. The number of furan rings is 1. The van der Waals surface area contributed by atoms with Crippen LogP contribution in [0, 0.1) is 6.92 Å². The molecule has 2 heterocycles. The molecule has 0 aliphatic rings. The number of aliphatic hydroxyl groups is 1. The highest BCUT2D eigenvalue weighted by molar-refractivity contribution is 14.0. The Morgan fingerprint density at radius 1 is 1.19 bits per heavy atom. The van der Waals surface area contributed by atoms with Crippen LogP contribution in [0.3, 0.4) is 0 Å². The summed E-state index contributed by atoms with van der Waals surface area (Å²) < 4.78 is 12.5. The molecule has 0 saturated carbocycles. The van der Waals surface area contributed by atoms with E-state index in [2.05, 4.69) is 20.7 Å². The molecule has 9 heteroatoms. The Labute approximate surface area is 199 Å². The summed E-state index contributed by atoms with van der Waals surface area (Å²) in [5, 5.41) is 21.6. The Kier molecular flexibility index (Phi) is 8.93. The molecule has 0 amide bonds. The van der Waals surface area contributed by atoms with Crippen molar-refractivity contribution in [2.75, 3.05) is 20.2 Å². The molecule has 0 radical (unpaired) electrons. The van der Waals surface area contributed by atoms with Crippen LogP contribution in [0.5, 0.6) is 5.75 Å². The molecule has 0 saturated heterocycles. The van der Waals surface area contributed by atoms with Crippen molar-refractivity contribution in [2.45, 2.75) is 32.9 Å². The first-order valence-electron chi connectivity index (χ1n) is 9.91. The number of aryl methyl sites for hydroxylation is 1. The number of hydrogen-bond acceptors (Lipinski definition) is 5. The number of aromatic nitrogens is 2. The smallest absolute Gasteiger partial charge is 0.191 e. The van der Waals surface area contributed by atoms with Gasteiger partial charge in [-0.1, -0.05) is 0 Å². The van der Waals surface area contributed by atoms with Crippen LogP contribution in [-0.2, 0) is 12.1 Å². The Morgan fingerprint density at radius 3 is 2.55 bits per heavy atom. The molecule has 3 rings (SSSR count). The molecular weight excluding hydrogens is 509 g/mol. The predicted molar refractivity (Wildman–Crippen MR) is 131 cm³/mol. The fourth-order valence-electron chi connectivity index (χ4n) is 2.89. The minimum Gasteiger partial charge on any atom is -0.497 e. The fraction of sp³-hybridized carbons (Fsp3) is 0.364. The first-order valence-corrected chi connectivity index (χ1v) is 9.91. The van der Waals surface area contributed by atoms with Gasteiger partial charge in [0.2, 0.25) is 0 Å². The van der Waals surface area contributed by atoms with Crippen molar-refractivity contribution in [3.63, 3.8) is 0 Å². The lowest BCUT2D eigenvalue weighted by Crippen LogP contribution is -2.44. The zero-order valence-corrected chi connectivity index (χ0v) is 20.6. The first-order chi connectivity index (χ1) is 14.4. The van der Waals surface area contributed by atoms with Gasteiger partial charge in [0, 0.05) is 12.7 Å². The van der Waals surface area contributed by atoms with E-state index in [-0.39, 0.29) is 30.5 Å². The van der Waals surface area contributed by atoms with E-state index in [4.69, 9.17) is 9.15 Å². The van der Waals surface area contributed by atoms with Crippen molar-refractivity contribution in [3.8, 4) is 11.4 Å². The Morgan fingerprint density at radius 2 is 1.94 bits per heavy atom. The monoisotopic (exact) mass is 539 g/mol. The van der Waals surface area contributed by atoms with Crippen LogP contribution in [0.25, 0.3) is 5.69 Å². The molecule has 8 nitrogen and oxygen atoms in total. The quantitative estimate of drug-likeness (QED) is 0.231. The van der Waals surface area contributed by atoms with Crippen LogP contribution in [0.15, 0.2) is 58.1 Å². The number of methoxy groups -OCH3 is 1. The van der Waals surface area contributed by atoms with E-state index in [0.717, 1.165) is 22.9 Å². The number of nitrogens with one attached hydrogen (secondary N) is 2. The molecule has 0 bridgehead atoms. The summed E-state index contributed by atoms with van der Waals surface area (Å²) in [5.41, 5.74) is 0.623. The van der Waals surface area contributed by atoms with Gasteiger partial charge in [-0.05, 0) is 63.2 Å². The maximum Gasteiger partial charge on any atom is 0.191 e. The van der Waals surface area contributed by atoms with Crippen molar-refractivity contribution >= 4 is 29.9 Å². The highest BCUT2D eigenvalue weighted by Crippen LogP contribution is 2.22. The van der Waals surface area contributed by atoms with Gasteiger partial charge in [0.05, 0.1) is 31.6 Å². The number of benzene rings is 1. The molecular formula is C22H30IN5O3. The lowest BCUT2D eigenvalue weighted by Gasteiger charge is -2.22. The molecule has 0 aliphatic carbocycles. The second-order valence-corrected chi connectivity index (χ2v) is 7.18. The summed E-state index contributed by atoms with van der Waals surface area (Å²) in [6.07, 6.45) is 1.90. The number of nitrogens with zero attached hydrogens (tertiary/aromatic N) is 3. The molecule has 2 aromatic heterocycles. The minimum atomic E-state index is -1.15. The SMILES string of the molecule is CCNC(=NCc1ccn(-c2ccc(OC)cc2)n1)NCC(C)(O)c1ccc(C)o1.I. The van der Waals surface area contributed by atoms with Crippen LogP contribution in [0.2, 0.25) is 0 Å². The van der Waals surface area contributed by atoms with Gasteiger partial charge in [-0.2, -0.15) is 5.10 Å². The number of guanidine groups is 1. The number of ether oxygens (including phenoxy) is 1. The third kappa shape index (κ3) is 6.73. The van der Waals surface area contributed by atoms with Gasteiger partial charge in [0.15, 0.2) is 5.96 Å². The summed E-state index contributed by atoms with van der Waals surface area (Å²) >= 11 is 0. The zero-order valence-electron chi connectivity index (χ0n) is 18.3. The fourth-order valence-corrected chi connectivity index (χ4v) is 2.89. The molecule has 1 aromatic carbocycles. The molecule has 3 aromatic rings. The summed E-state index contributed by atoms with van der Waals surface area (Å²) in [4.78, 5) is 4.58. The molecule has 0 aliphatic heterocycles. The first kappa shape index (κ1) is 24.7. The number of halogens is 1. The Hall–Kier alpha value is -2.53. The lowest BCUT2D eigenvalue weighted by molar-refractivity contribution is 0.0378. The third-order valence-corrected chi connectivity index (χ3v) is 4.60. The highest BCUT2D eigenvalue weighted by Gasteiger charge is 2.27. The molecule has 3 N–H and O–H groups in total. The second-order valence-electron chi connectivity index (χ2n) is 7.18. The van der Waals surface area contributed by atoms with Gasteiger partial charge in [0.1, 0.15) is 22.9 Å². The molecule has 0 fully saturated rings. The van der Waals surface area contributed by atoms with Crippen molar-refractivity contribution < 1.29 is 14.3 Å². The molecule has 31 heavy (non-hydrogen) atoms. The molecule has 1 atom stereocenters. The van der Waals surface area contributed by atoms with E-state index in [1.54, 1.807) is 24.8 Å². The van der Waals surface area contributed by atoms with Crippen LogP contribution < -0.4 is 15.4 Å². The van der Waals surface area contributed by atoms with Crippen LogP contribution >= 0.6 is 24.0 Å². The van der Waals surface area contributed by atoms with Crippen molar-refractivity contribution in [3.05, 3.63) is 65.9 Å². The zero-order chi connectivity index (χ0) is 21.6. The minimum absolute atomic E-state index is 0. The van der Waals surface area contributed by atoms with Gasteiger partial charge < -0.3 is 24.9 Å². The Balaban J connectivity index is 0.00000341. The molecule has 168 valence electrons. The standard InChI is InChI=1S/C22H29N5O3.HI/c1-5-23-21(25-15-22(3,28)20-11-6-16(2)30-20)24-14-17-12-13-27(26-17)18-7-9-19(29-4)10-8-18;/h6-13,28H,5,14-15H2,1-4H3,(H2,23,24,25);1H. The Bertz CT molecular complexity index is 979. The number of hydrogen-bond donors (Lipinski definition) is 3. The topological polar surface area (TPSA) is 96.8 Å². The maximum atomic E-state index is 10.7. The van der Waals surface area contributed by atoms with Crippen molar-refractivity contribution in [1.82, 2.24) is 20.4 Å². The van der Waals surface area contributed by atoms with Gasteiger partial charge in [-0.25, -0.2) is 9.67 Å². The average molecular weight is 539 g/mol. The van der Waals surface area contributed by atoms with Gasteiger partial charge in [-0.3, -0.25) is 0 Å².